The molecular weight excluding hydrogens is 228 g/mol. The van der Waals surface area contributed by atoms with Gasteiger partial charge < -0.3 is 5.32 Å². The molecule has 1 N–H and O–H groups in total. The van der Waals surface area contributed by atoms with Crippen molar-refractivity contribution in [2.24, 2.45) is 0 Å². The Morgan fingerprint density at radius 3 is 3.00 bits per heavy atom. The van der Waals surface area contributed by atoms with Gasteiger partial charge in [-0.3, -0.25) is 4.90 Å². The SMILES string of the molecule is CC1Cc2ccc(CN3CCNCC3)cc2S1. The molecule has 17 heavy (non-hydrogen) atoms. The standard InChI is InChI=1S/C14H20N2S/c1-11-8-13-3-2-12(9-14(13)17-11)10-16-6-4-15-5-7-16/h2-3,9,11,15H,4-8,10H2,1H3. The van der Waals surface area contributed by atoms with Gasteiger partial charge in [0.1, 0.15) is 0 Å². The van der Waals surface area contributed by atoms with Gasteiger partial charge in [0.25, 0.3) is 0 Å². The first-order valence-corrected chi connectivity index (χ1v) is 7.41. The van der Waals surface area contributed by atoms with Crippen LogP contribution in [-0.2, 0) is 13.0 Å². The number of benzene rings is 1. The van der Waals surface area contributed by atoms with Crippen molar-refractivity contribution in [2.45, 2.75) is 30.0 Å². The Bertz CT molecular complexity index is 399. The first-order valence-electron chi connectivity index (χ1n) is 6.53. The number of fused-ring (bicyclic) bond motifs is 1. The summed E-state index contributed by atoms with van der Waals surface area (Å²) in [6, 6.07) is 7.06. The van der Waals surface area contributed by atoms with Crippen LogP contribution in [0.25, 0.3) is 0 Å². The minimum absolute atomic E-state index is 0.763. The quantitative estimate of drug-likeness (QED) is 0.863. The second kappa shape index (κ2) is 5.01. The van der Waals surface area contributed by atoms with E-state index in [2.05, 4.69) is 35.3 Å². The summed E-state index contributed by atoms with van der Waals surface area (Å²) in [6.45, 7) is 8.07. The molecule has 1 aromatic rings. The minimum atomic E-state index is 0.763. The molecule has 1 fully saturated rings. The van der Waals surface area contributed by atoms with Crippen LogP contribution in [0.15, 0.2) is 23.1 Å². The fourth-order valence-electron chi connectivity index (χ4n) is 2.67. The zero-order valence-corrected chi connectivity index (χ0v) is 11.2. The van der Waals surface area contributed by atoms with Crippen LogP contribution in [0, 0.1) is 0 Å². The molecule has 92 valence electrons. The van der Waals surface area contributed by atoms with Crippen LogP contribution in [0.2, 0.25) is 0 Å². The third-order valence-corrected chi connectivity index (χ3v) is 4.79. The summed E-state index contributed by atoms with van der Waals surface area (Å²) in [5.74, 6) is 0. The molecule has 1 saturated heterocycles. The third-order valence-electron chi connectivity index (χ3n) is 3.58. The average Bonchev–Trinajstić information content (AvgIpc) is 2.70. The Labute approximate surface area is 108 Å². The van der Waals surface area contributed by atoms with Gasteiger partial charge in [-0.2, -0.15) is 0 Å². The lowest BCUT2D eigenvalue weighted by atomic mass is 10.1. The Morgan fingerprint density at radius 1 is 1.35 bits per heavy atom. The molecule has 3 rings (SSSR count). The van der Waals surface area contributed by atoms with Crippen LogP contribution in [0.5, 0.6) is 0 Å². The van der Waals surface area contributed by atoms with E-state index in [1.165, 1.54) is 30.0 Å². The Balaban J connectivity index is 1.69. The summed E-state index contributed by atoms with van der Waals surface area (Å²) < 4.78 is 0. The van der Waals surface area contributed by atoms with Crippen molar-refractivity contribution in [3.05, 3.63) is 29.3 Å². The Hall–Kier alpha value is -0.510. The van der Waals surface area contributed by atoms with Gasteiger partial charge in [-0.1, -0.05) is 19.1 Å². The summed E-state index contributed by atoms with van der Waals surface area (Å²) in [5.41, 5.74) is 3.03. The van der Waals surface area contributed by atoms with Crippen LogP contribution >= 0.6 is 11.8 Å². The number of hydrogen-bond donors (Lipinski definition) is 1. The van der Waals surface area contributed by atoms with Crippen molar-refractivity contribution in [2.75, 3.05) is 26.2 Å². The molecule has 1 unspecified atom stereocenters. The zero-order valence-electron chi connectivity index (χ0n) is 10.4. The van der Waals surface area contributed by atoms with Gasteiger partial charge in [0.05, 0.1) is 0 Å². The van der Waals surface area contributed by atoms with Crippen LogP contribution in [0.3, 0.4) is 0 Å². The van der Waals surface area contributed by atoms with Crippen molar-refractivity contribution in [1.29, 1.82) is 0 Å². The lowest BCUT2D eigenvalue weighted by Crippen LogP contribution is -2.42. The molecule has 1 atom stereocenters. The number of nitrogens with zero attached hydrogens (tertiary/aromatic N) is 1. The molecule has 0 spiro atoms. The van der Waals surface area contributed by atoms with E-state index in [1.54, 1.807) is 5.56 Å². The highest BCUT2D eigenvalue weighted by Crippen LogP contribution is 2.37. The molecule has 1 aromatic carbocycles. The second-order valence-electron chi connectivity index (χ2n) is 5.10. The maximum atomic E-state index is 3.40. The van der Waals surface area contributed by atoms with E-state index in [1.807, 2.05) is 11.8 Å². The highest BCUT2D eigenvalue weighted by Gasteiger charge is 2.19. The van der Waals surface area contributed by atoms with Gasteiger partial charge in [0.15, 0.2) is 0 Å². The summed E-state index contributed by atoms with van der Waals surface area (Å²) in [4.78, 5) is 4.06. The number of hydrogen-bond acceptors (Lipinski definition) is 3. The van der Waals surface area contributed by atoms with Gasteiger partial charge in [0, 0.05) is 42.9 Å². The molecule has 0 radical (unpaired) electrons. The van der Waals surface area contributed by atoms with E-state index in [-0.39, 0.29) is 0 Å². The molecule has 0 saturated carbocycles. The predicted octanol–water partition coefficient (Wildman–Crippen LogP) is 2.13. The molecule has 2 heterocycles. The van der Waals surface area contributed by atoms with Gasteiger partial charge in [-0.15, -0.1) is 11.8 Å². The second-order valence-corrected chi connectivity index (χ2v) is 6.58. The van der Waals surface area contributed by atoms with Crippen molar-refractivity contribution >= 4 is 11.8 Å². The Morgan fingerprint density at radius 2 is 2.18 bits per heavy atom. The number of nitrogens with one attached hydrogen (secondary N) is 1. The molecular formula is C14H20N2S. The fourth-order valence-corrected chi connectivity index (χ4v) is 3.89. The van der Waals surface area contributed by atoms with E-state index in [0.29, 0.717) is 0 Å². The topological polar surface area (TPSA) is 15.3 Å². The summed E-state index contributed by atoms with van der Waals surface area (Å²) >= 11 is 2.04. The highest BCUT2D eigenvalue weighted by molar-refractivity contribution is 8.00. The van der Waals surface area contributed by atoms with Gasteiger partial charge in [-0.05, 0) is 23.6 Å². The van der Waals surface area contributed by atoms with E-state index >= 15 is 0 Å². The van der Waals surface area contributed by atoms with E-state index in [4.69, 9.17) is 0 Å². The van der Waals surface area contributed by atoms with Crippen molar-refractivity contribution in [3.63, 3.8) is 0 Å². The molecule has 0 aliphatic carbocycles. The average molecular weight is 248 g/mol. The van der Waals surface area contributed by atoms with Crippen LogP contribution < -0.4 is 5.32 Å². The van der Waals surface area contributed by atoms with Crippen LogP contribution in [0.4, 0.5) is 0 Å². The molecule has 2 aliphatic rings. The number of piperazine rings is 1. The number of rotatable bonds is 2. The maximum Gasteiger partial charge on any atom is 0.0235 e. The zero-order chi connectivity index (χ0) is 11.7. The van der Waals surface area contributed by atoms with Crippen molar-refractivity contribution < 1.29 is 0 Å². The van der Waals surface area contributed by atoms with Crippen molar-refractivity contribution in [3.8, 4) is 0 Å². The third kappa shape index (κ3) is 2.67. The molecule has 0 bridgehead atoms. The first-order chi connectivity index (χ1) is 8.31. The van der Waals surface area contributed by atoms with Crippen molar-refractivity contribution in [1.82, 2.24) is 10.2 Å². The summed E-state index contributed by atoms with van der Waals surface area (Å²) in [7, 11) is 0. The van der Waals surface area contributed by atoms with Gasteiger partial charge in [0.2, 0.25) is 0 Å². The molecule has 0 aromatic heterocycles. The largest absolute Gasteiger partial charge is 0.314 e. The molecule has 2 nitrogen and oxygen atoms in total. The molecule has 3 heteroatoms. The van der Waals surface area contributed by atoms with E-state index in [0.717, 1.165) is 24.9 Å². The summed E-state index contributed by atoms with van der Waals surface area (Å²) in [6.07, 6.45) is 1.24. The van der Waals surface area contributed by atoms with Crippen LogP contribution in [-0.4, -0.2) is 36.3 Å². The van der Waals surface area contributed by atoms with E-state index < -0.39 is 0 Å². The summed E-state index contributed by atoms with van der Waals surface area (Å²) in [5, 5.41) is 4.17. The van der Waals surface area contributed by atoms with Crippen LogP contribution in [0.1, 0.15) is 18.1 Å². The lowest BCUT2D eigenvalue weighted by Gasteiger charge is -2.27. The normalized spacial score (nSPS) is 24.9. The Kier molecular flexibility index (Phi) is 3.41. The first kappa shape index (κ1) is 11.6. The maximum absolute atomic E-state index is 3.40. The monoisotopic (exact) mass is 248 g/mol. The van der Waals surface area contributed by atoms with E-state index in [9.17, 15) is 0 Å². The molecule has 0 amide bonds. The van der Waals surface area contributed by atoms with Gasteiger partial charge >= 0.3 is 0 Å². The predicted molar refractivity (Wildman–Crippen MR) is 73.6 cm³/mol. The minimum Gasteiger partial charge on any atom is -0.314 e. The number of thioether (sulfide) groups is 1. The smallest absolute Gasteiger partial charge is 0.0235 e. The lowest BCUT2D eigenvalue weighted by molar-refractivity contribution is 0.233. The fraction of sp³-hybridized carbons (Fsp3) is 0.571. The van der Waals surface area contributed by atoms with Gasteiger partial charge in [-0.25, -0.2) is 0 Å². The molecule has 2 aliphatic heterocycles. The highest BCUT2D eigenvalue weighted by atomic mass is 32.2.